The maximum absolute atomic E-state index is 9.06. The predicted molar refractivity (Wildman–Crippen MR) is 80.5 cm³/mol. The Balaban J connectivity index is 0.000000771. The van der Waals surface area contributed by atoms with Gasteiger partial charge in [-0.3, -0.25) is 0 Å². The van der Waals surface area contributed by atoms with Gasteiger partial charge < -0.3 is 5.32 Å². The number of piperazine rings is 1. The van der Waals surface area contributed by atoms with E-state index in [1.165, 1.54) is 0 Å². The van der Waals surface area contributed by atoms with Gasteiger partial charge in [-0.2, -0.15) is 5.26 Å². The molecule has 0 radical (unpaired) electrons. The fraction of sp³-hybridized carbons (Fsp3) is 0.462. The highest BCUT2D eigenvalue weighted by Crippen LogP contribution is 2.28. The SMILES string of the molecule is CC.N#Cc1cc(Br)ccc1SN1CCNCC1. The number of halogens is 1. The van der Waals surface area contributed by atoms with Gasteiger partial charge in [0.2, 0.25) is 0 Å². The van der Waals surface area contributed by atoms with Crippen LogP contribution in [-0.4, -0.2) is 30.5 Å². The summed E-state index contributed by atoms with van der Waals surface area (Å²) < 4.78 is 3.24. The lowest BCUT2D eigenvalue weighted by molar-refractivity contribution is 0.396. The second-order valence-corrected chi connectivity index (χ2v) is 5.58. The standard InChI is InChI=1S/C11H12BrN3S.C2H6/c12-10-1-2-11(9(7-10)8-13)16-15-5-3-14-4-6-15;1-2/h1-2,7,14H,3-6H2;1-2H3. The van der Waals surface area contributed by atoms with Gasteiger partial charge in [-0.1, -0.05) is 29.8 Å². The Kier molecular flexibility index (Phi) is 7.36. The van der Waals surface area contributed by atoms with Gasteiger partial charge in [0.25, 0.3) is 0 Å². The summed E-state index contributed by atoms with van der Waals surface area (Å²) in [6, 6.07) is 8.07. The van der Waals surface area contributed by atoms with Crippen LogP contribution < -0.4 is 5.32 Å². The van der Waals surface area contributed by atoms with E-state index in [-0.39, 0.29) is 0 Å². The fourth-order valence-electron chi connectivity index (χ4n) is 1.54. The smallest absolute Gasteiger partial charge is 0.100 e. The van der Waals surface area contributed by atoms with Crippen LogP contribution in [0, 0.1) is 11.3 Å². The molecule has 0 saturated carbocycles. The average Bonchev–Trinajstić information content (AvgIpc) is 2.44. The van der Waals surface area contributed by atoms with Gasteiger partial charge >= 0.3 is 0 Å². The molecule has 3 nitrogen and oxygen atoms in total. The predicted octanol–water partition coefficient (Wildman–Crippen LogP) is 3.26. The first kappa shape index (κ1) is 15.5. The molecule has 0 aromatic heterocycles. The topological polar surface area (TPSA) is 39.1 Å². The molecule has 1 aliphatic rings. The summed E-state index contributed by atoms with van der Waals surface area (Å²) in [4.78, 5) is 1.03. The molecule has 1 heterocycles. The van der Waals surface area contributed by atoms with Gasteiger partial charge in [-0.25, -0.2) is 4.31 Å². The Morgan fingerprint density at radius 1 is 1.33 bits per heavy atom. The van der Waals surface area contributed by atoms with E-state index in [1.54, 1.807) is 11.9 Å². The molecule has 0 atom stereocenters. The quantitative estimate of drug-likeness (QED) is 0.846. The molecule has 0 unspecified atom stereocenters. The zero-order chi connectivity index (χ0) is 13.4. The Hall–Kier alpha value is -0.540. The van der Waals surface area contributed by atoms with E-state index >= 15 is 0 Å². The highest BCUT2D eigenvalue weighted by Gasteiger charge is 2.13. The number of nitrogens with one attached hydrogen (secondary N) is 1. The molecule has 1 aromatic rings. The summed E-state index contributed by atoms with van der Waals surface area (Å²) in [5.41, 5.74) is 0.734. The molecule has 5 heteroatoms. The van der Waals surface area contributed by atoms with Crippen LogP contribution >= 0.6 is 27.9 Å². The van der Waals surface area contributed by atoms with Crippen LogP contribution in [0.15, 0.2) is 27.6 Å². The van der Waals surface area contributed by atoms with E-state index in [9.17, 15) is 0 Å². The van der Waals surface area contributed by atoms with E-state index in [1.807, 2.05) is 32.0 Å². The van der Waals surface area contributed by atoms with E-state index < -0.39 is 0 Å². The molecule has 1 N–H and O–H groups in total. The van der Waals surface area contributed by atoms with E-state index in [2.05, 4.69) is 31.6 Å². The molecule has 1 saturated heterocycles. The molecule has 98 valence electrons. The first-order valence-corrected chi connectivity index (χ1v) is 7.69. The van der Waals surface area contributed by atoms with Crippen molar-refractivity contribution >= 4 is 27.9 Å². The lowest BCUT2D eigenvalue weighted by Crippen LogP contribution is -2.39. The maximum Gasteiger partial charge on any atom is 0.100 e. The molecule has 18 heavy (non-hydrogen) atoms. The number of hydrogen-bond donors (Lipinski definition) is 1. The minimum absolute atomic E-state index is 0.734. The molecule has 0 spiro atoms. The number of nitriles is 1. The van der Waals surface area contributed by atoms with E-state index in [0.717, 1.165) is 41.1 Å². The third-order valence-corrected chi connectivity index (χ3v) is 4.03. The second-order valence-electron chi connectivity index (χ2n) is 3.52. The van der Waals surface area contributed by atoms with Crippen LogP contribution in [0.3, 0.4) is 0 Å². The molecular weight excluding hydrogens is 310 g/mol. The monoisotopic (exact) mass is 327 g/mol. The van der Waals surface area contributed by atoms with Crippen molar-refractivity contribution in [2.45, 2.75) is 18.7 Å². The van der Waals surface area contributed by atoms with Crippen molar-refractivity contribution in [3.8, 4) is 6.07 Å². The number of rotatable bonds is 2. The van der Waals surface area contributed by atoms with Crippen molar-refractivity contribution in [2.24, 2.45) is 0 Å². The lowest BCUT2D eigenvalue weighted by Gasteiger charge is -2.26. The molecular formula is C13H18BrN3S. The van der Waals surface area contributed by atoms with E-state index in [0.29, 0.717) is 0 Å². The van der Waals surface area contributed by atoms with Gasteiger partial charge in [0.1, 0.15) is 6.07 Å². The lowest BCUT2D eigenvalue weighted by atomic mass is 10.2. The van der Waals surface area contributed by atoms with Crippen LogP contribution in [0.2, 0.25) is 0 Å². The van der Waals surface area contributed by atoms with Gasteiger partial charge in [0, 0.05) is 35.5 Å². The molecule has 0 bridgehead atoms. The minimum Gasteiger partial charge on any atom is -0.314 e. The second kappa shape index (κ2) is 8.54. The average molecular weight is 328 g/mol. The molecule has 2 rings (SSSR count). The Labute approximate surface area is 122 Å². The Morgan fingerprint density at radius 2 is 2.00 bits per heavy atom. The number of benzene rings is 1. The first-order valence-electron chi connectivity index (χ1n) is 6.13. The third-order valence-electron chi connectivity index (χ3n) is 2.37. The zero-order valence-electron chi connectivity index (χ0n) is 10.7. The van der Waals surface area contributed by atoms with Crippen LogP contribution in [0.1, 0.15) is 19.4 Å². The minimum atomic E-state index is 0.734. The van der Waals surface area contributed by atoms with Crippen molar-refractivity contribution in [2.75, 3.05) is 26.2 Å². The summed E-state index contributed by atoms with van der Waals surface area (Å²) in [5, 5.41) is 12.4. The van der Waals surface area contributed by atoms with E-state index in [4.69, 9.17) is 5.26 Å². The van der Waals surface area contributed by atoms with Crippen LogP contribution in [-0.2, 0) is 0 Å². The first-order chi connectivity index (χ1) is 8.79. The van der Waals surface area contributed by atoms with Gasteiger partial charge in [0.15, 0.2) is 0 Å². The van der Waals surface area contributed by atoms with Crippen LogP contribution in [0.25, 0.3) is 0 Å². The number of hydrogen-bond acceptors (Lipinski definition) is 4. The summed E-state index contributed by atoms with van der Waals surface area (Å²) >= 11 is 5.05. The van der Waals surface area contributed by atoms with Gasteiger partial charge in [0.05, 0.1) is 5.56 Å². The van der Waals surface area contributed by atoms with Gasteiger partial charge in [-0.15, -0.1) is 0 Å². The molecule has 0 aliphatic carbocycles. The normalized spacial score (nSPS) is 15.4. The Bertz CT molecular complexity index is 411. The van der Waals surface area contributed by atoms with Crippen LogP contribution in [0.4, 0.5) is 0 Å². The summed E-state index contributed by atoms with van der Waals surface area (Å²) in [7, 11) is 0. The highest BCUT2D eigenvalue weighted by molar-refractivity contribution is 9.10. The highest BCUT2D eigenvalue weighted by atomic mass is 79.9. The maximum atomic E-state index is 9.06. The van der Waals surface area contributed by atoms with Crippen molar-refractivity contribution in [1.82, 2.24) is 9.62 Å². The summed E-state index contributed by atoms with van der Waals surface area (Å²) in [5.74, 6) is 0. The van der Waals surface area contributed by atoms with Crippen molar-refractivity contribution in [1.29, 1.82) is 5.26 Å². The Morgan fingerprint density at radius 3 is 2.61 bits per heavy atom. The fourth-order valence-corrected chi connectivity index (χ4v) is 2.88. The number of nitrogens with zero attached hydrogens (tertiary/aromatic N) is 2. The molecule has 1 aliphatic heterocycles. The molecule has 1 aromatic carbocycles. The third kappa shape index (κ3) is 4.62. The molecule has 1 fully saturated rings. The largest absolute Gasteiger partial charge is 0.314 e. The summed E-state index contributed by atoms with van der Waals surface area (Å²) in [6.07, 6.45) is 0. The molecule has 0 amide bonds. The van der Waals surface area contributed by atoms with Crippen molar-refractivity contribution in [3.63, 3.8) is 0 Å². The summed E-state index contributed by atoms with van der Waals surface area (Å²) in [6.45, 7) is 8.08. The van der Waals surface area contributed by atoms with Crippen LogP contribution in [0.5, 0.6) is 0 Å². The van der Waals surface area contributed by atoms with Crippen molar-refractivity contribution < 1.29 is 0 Å². The van der Waals surface area contributed by atoms with Gasteiger partial charge in [-0.05, 0) is 30.1 Å². The van der Waals surface area contributed by atoms with Crippen molar-refractivity contribution in [3.05, 3.63) is 28.2 Å². The zero-order valence-corrected chi connectivity index (χ0v) is 13.1.